The lowest BCUT2D eigenvalue weighted by atomic mass is 9.86. The number of aromatic nitrogens is 2. The van der Waals surface area contributed by atoms with Gasteiger partial charge in [0.15, 0.2) is 0 Å². The number of nitrogens with zero attached hydrogens (tertiary/aromatic N) is 2. The van der Waals surface area contributed by atoms with E-state index >= 15 is 0 Å². The average molecular weight is 389 g/mol. The second-order valence-electron chi connectivity index (χ2n) is 8.05. The largest absolute Gasteiger partial charge is 0.486 e. The van der Waals surface area contributed by atoms with Gasteiger partial charge in [-0.05, 0) is 54.3 Å². The summed E-state index contributed by atoms with van der Waals surface area (Å²) in [5, 5.41) is 3.00. The summed E-state index contributed by atoms with van der Waals surface area (Å²) in [7, 11) is 0. The van der Waals surface area contributed by atoms with Crippen LogP contribution in [-0.2, 0) is 12.0 Å². The first-order chi connectivity index (χ1) is 13.8. The van der Waals surface area contributed by atoms with Crippen LogP contribution in [0.2, 0.25) is 0 Å². The van der Waals surface area contributed by atoms with Gasteiger partial charge in [-0.3, -0.25) is 14.8 Å². The number of hydrogen-bond acceptors (Lipinski definition) is 4. The van der Waals surface area contributed by atoms with E-state index in [9.17, 15) is 4.79 Å². The van der Waals surface area contributed by atoms with Crippen LogP contribution >= 0.6 is 0 Å². The summed E-state index contributed by atoms with van der Waals surface area (Å²) in [6.45, 7) is 8.76. The molecule has 5 nitrogen and oxygen atoms in total. The summed E-state index contributed by atoms with van der Waals surface area (Å²) in [6.07, 6.45) is 3.40. The van der Waals surface area contributed by atoms with Gasteiger partial charge in [-0.1, -0.05) is 39.0 Å². The molecule has 0 aliphatic heterocycles. The zero-order valence-corrected chi connectivity index (χ0v) is 17.3. The van der Waals surface area contributed by atoms with Gasteiger partial charge in [0.25, 0.3) is 5.91 Å². The van der Waals surface area contributed by atoms with Gasteiger partial charge in [-0.15, -0.1) is 0 Å². The van der Waals surface area contributed by atoms with E-state index < -0.39 is 0 Å². The van der Waals surface area contributed by atoms with E-state index in [0.29, 0.717) is 17.9 Å². The highest BCUT2D eigenvalue weighted by atomic mass is 16.5. The molecule has 0 unspecified atom stereocenters. The Labute approximate surface area is 172 Å². The molecule has 3 rings (SSSR count). The normalized spacial score (nSPS) is 12.3. The van der Waals surface area contributed by atoms with Gasteiger partial charge in [-0.25, -0.2) is 0 Å². The topological polar surface area (TPSA) is 64.1 Å². The quantitative estimate of drug-likeness (QED) is 0.655. The summed E-state index contributed by atoms with van der Waals surface area (Å²) < 4.78 is 5.70. The molecule has 0 saturated heterocycles. The maximum absolute atomic E-state index is 12.5. The monoisotopic (exact) mass is 389 g/mol. The first-order valence-electron chi connectivity index (χ1n) is 9.73. The molecular weight excluding hydrogens is 362 g/mol. The highest BCUT2D eigenvalue weighted by Crippen LogP contribution is 2.22. The number of rotatable bonds is 6. The third kappa shape index (κ3) is 5.64. The molecule has 29 heavy (non-hydrogen) atoms. The third-order valence-corrected chi connectivity index (χ3v) is 4.68. The number of carbonyl (C=O) groups is 1. The number of pyridine rings is 2. The predicted octanol–water partition coefficient (Wildman–Crippen LogP) is 4.84. The first-order valence-corrected chi connectivity index (χ1v) is 9.73. The van der Waals surface area contributed by atoms with Gasteiger partial charge in [0.2, 0.25) is 0 Å². The molecule has 0 saturated carbocycles. The molecule has 1 N–H and O–H groups in total. The molecule has 2 heterocycles. The Morgan fingerprint density at radius 1 is 1.03 bits per heavy atom. The van der Waals surface area contributed by atoms with Crippen LogP contribution in [0.15, 0.2) is 67.0 Å². The highest BCUT2D eigenvalue weighted by Gasteiger charge is 2.16. The zero-order valence-electron chi connectivity index (χ0n) is 17.3. The fraction of sp³-hybridized carbons (Fsp3) is 0.292. The van der Waals surface area contributed by atoms with Crippen LogP contribution in [0.1, 0.15) is 61.0 Å². The molecule has 0 spiro atoms. The fourth-order valence-corrected chi connectivity index (χ4v) is 2.85. The van der Waals surface area contributed by atoms with Crippen molar-refractivity contribution in [3.63, 3.8) is 0 Å². The summed E-state index contributed by atoms with van der Waals surface area (Å²) in [5.41, 5.74) is 3.53. The first kappa shape index (κ1) is 20.5. The Kier molecular flexibility index (Phi) is 6.27. The van der Waals surface area contributed by atoms with Crippen LogP contribution in [0.5, 0.6) is 5.75 Å². The van der Waals surface area contributed by atoms with Crippen molar-refractivity contribution in [3.8, 4) is 5.75 Å². The molecule has 5 heteroatoms. The molecule has 1 aromatic carbocycles. The number of carbonyl (C=O) groups excluding carboxylic acids is 1. The van der Waals surface area contributed by atoms with Crippen molar-refractivity contribution in [2.24, 2.45) is 0 Å². The van der Waals surface area contributed by atoms with Crippen LogP contribution in [0, 0.1) is 0 Å². The number of amides is 1. The van der Waals surface area contributed by atoms with E-state index in [2.05, 4.69) is 36.1 Å². The molecule has 0 radical (unpaired) electrons. The van der Waals surface area contributed by atoms with Crippen molar-refractivity contribution < 1.29 is 9.53 Å². The molecule has 3 aromatic rings. The maximum Gasteiger partial charge on any atom is 0.251 e. The highest BCUT2D eigenvalue weighted by molar-refractivity contribution is 5.94. The second kappa shape index (κ2) is 8.86. The van der Waals surface area contributed by atoms with Gasteiger partial charge < -0.3 is 10.1 Å². The van der Waals surface area contributed by atoms with Gasteiger partial charge in [0.1, 0.15) is 12.4 Å². The predicted molar refractivity (Wildman–Crippen MR) is 114 cm³/mol. The molecule has 150 valence electrons. The van der Waals surface area contributed by atoms with Crippen molar-refractivity contribution in [1.82, 2.24) is 15.3 Å². The average Bonchev–Trinajstić information content (AvgIpc) is 2.73. The van der Waals surface area contributed by atoms with Crippen LogP contribution in [-0.4, -0.2) is 15.9 Å². The van der Waals surface area contributed by atoms with E-state index in [0.717, 1.165) is 11.4 Å². The molecule has 1 amide bonds. The van der Waals surface area contributed by atoms with Gasteiger partial charge in [0, 0.05) is 11.8 Å². The third-order valence-electron chi connectivity index (χ3n) is 4.68. The molecule has 1 atom stereocenters. The van der Waals surface area contributed by atoms with E-state index in [-0.39, 0.29) is 17.4 Å². The molecule has 0 fully saturated rings. The Bertz CT molecular complexity index is 931. The second-order valence-corrected chi connectivity index (χ2v) is 8.05. The van der Waals surface area contributed by atoms with Crippen LogP contribution in [0.25, 0.3) is 0 Å². The minimum Gasteiger partial charge on any atom is -0.486 e. The van der Waals surface area contributed by atoms with E-state index in [1.54, 1.807) is 12.4 Å². The van der Waals surface area contributed by atoms with E-state index in [1.165, 1.54) is 5.56 Å². The lowest BCUT2D eigenvalue weighted by molar-refractivity contribution is 0.0939. The molecule has 2 aromatic heterocycles. The maximum atomic E-state index is 12.5. The molecular formula is C24H27N3O2. The minimum atomic E-state index is -0.213. The van der Waals surface area contributed by atoms with Crippen molar-refractivity contribution in [3.05, 3.63) is 89.5 Å². The summed E-state index contributed by atoms with van der Waals surface area (Å²) in [5.74, 6) is 0.547. The van der Waals surface area contributed by atoms with Gasteiger partial charge >= 0.3 is 0 Å². The van der Waals surface area contributed by atoms with E-state index in [4.69, 9.17) is 4.74 Å². The smallest absolute Gasteiger partial charge is 0.251 e. The number of ether oxygens (including phenoxy) is 1. The standard InChI is InChI=1S/C24H27N3O2/c1-17(27-23(28)18-8-10-19(11-9-18)24(2,3)4)22-13-12-21(15-26-22)29-16-20-7-5-6-14-25-20/h5-15,17H,16H2,1-4H3,(H,27,28)/t17-/m1/s1. The number of hydrogen-bond donors (Lipinski definition) is 1. The Balaban J connectivity index is 1.57. The number of nitrogens with one attached hydrogen (secondary N) is 1. The molecule has 0 aliphatic carbocycles. The SMILES string of the molecule is C[C@@H](NC(=O)c1ccc(C(C)(C)C)cc1)c1ccc(OCc2ccccn2)cn1. The van der Waals surface area contributed by atoms with Crippen molar-refractivity contribution in [1.29, 1.82) is 0 Å². The molecule has 0 bridgehead atoms. The van der Waals surface area contributed by atoms with Crippen molar-refractivity contribution in [2.75, 3.05) is 0 Å². The Hall–Kier alpha value is -3.21. The molecule has 0 aliphatic rings. The lowest BCUT2D eigenvalue weighted by Crippen LogP contribution is -2.27. The summed E-state index contributed by atoms with van der Waals surface area (Å²) in [4.78, 5) is 21.2. The van der Waals surface area contributed by atoms with Crippen molar-refractivity contribution >= 4 is 5.91 Å². The fourth-order valence-electron chi connectivity index (χ4n) is 2.85. The van der Waals surface area contributed by atoms with Gasteiger partial charge in [-0.2, -0.15) is 0 Å². The minimum absolute atomic E-state index is 0.0621. The van der Waals surface area contributed by atoms with E-state index in [1.807, 2.05) is 61.5 Å². The zero-order chi connectivity index (χ0) is 20.9. The summed E-state index contributed by atoms with van der Waals surface area (Å²) >= 11 is 0. The van der Waals surface area contributed by atoms with Gasteiger partial charge in [0.05, 0.1) is 23.6 Å². The van der Waals surface area contributed by atoms with Crippen LogP contribution < -0.4 is 10.1 Å². The van der Waals surface area contributed by atoms with Crippen LogP contribution in [0.3, 0.4) is 0 Å². The van der Waals surface area contributed by atoms with Crippen LogP contribution in [0.4, 0.5) is 0 Å². The van der Waals surface area contributed by atoms with Crippen molar-refractivity contribution in [2.45, 2.75) is 45.8 Å². The summed E-state index contributed by atoms with van der Waals surface area (Å²) in [6, 6.07) is 16.9. The Morgan fingerprint density at radius 3 is 2.38 bits per heavy atom. The Morgan fingerprint density at radius 2 is 1.79 bits per heavy atom. The lowest BCUT2D eigenvalue weighted by Gasteiger charge is -2.19. The number of benzene rings is 1.